The first-order valence-electron chi connectivity index (χ1n) is 4.49. The topological polar surface area (TPSA) is 44.1 Å². The number of esters is 1. The molecular formula is C11H10N2O2. The predicted molar refractivity (Wildman–Crippen MR) is 54.9 cm³/mol. The van der Waals surface area contributed by atoms with Crippen LogP contribution in [0.15, 0.2) is 42.9 Å². The van der Waals surface area contributed by atoms with Crippen molar-refractivity contribution < 1.29 is 9.53 Å². The van der Waals surface area contributed by atoms with E-state index in [-0.39, 0.29) is 5.97 Å². The van der Waals surface area contributed by atoms with Gasteiger partial charge in [0.1, 0.15) is 5.82 Å². The molecule has 0 atom stereocenters. The molecule has 0 saturated carbocycles. The van der Waals surface area contributed by atoms with Crippen molar-refractivity contribution in [1.82, 2.24) is 9.55 Å². The first-order valence-corrected chi connectivity index (χ1v) is 4.49. The van der Waals surface area contributed by atoms with E-state index in [1.54, 1.807) is 29.2 Å². The molecule has 0 aliphatic rings. The highest BCUT2D eigenvalue weighted by atomic mass is 16.5. The third kappa shape index (κ3) is 1.88. The van der Waals surface area contributed by atoms with E-state index in [1.165, 1.54) is 7.11 Å². The Morgan fingerprint density at radius 1 is 1.40 bits per heavy atom. The van der Waals surface area contributed by atoms with Crippen LogP contribution in [0.5, 0.6) is 0 Å². The minimum absolute atomic E-state index is 0.343. The second-order valence-electron chi connectivity index (χ2n) is 2.99. The lowest BCUT2D eigenvalue weighted by Crippen LogP contribution is -1.99. The van der Waals surface area contributed by atoms with Crippen molar-refractivity contribution in [3.63, 3.8) is 0 Å². The standard InChI is InChI=1S/C11H10N2O2/c1-15-11(14)9-5-7-13(8-9)10-4-2-3-6-12-10/h2-8H,1H3. The Hall–Kier alpha value is -2.10. The molecule has 0 spiro atoms. The first kappa shape index (κ1) is 9.45. The molecule has 0 amide bonds. The number of hydrogen-bond donors (Lipinski definition) is 0. The second-order valence-corrected chi connectivity index (χ2v) is 2.99. The van der Waals surface area contributed by atoms with Gasteiger partial charge in [0, 0.05) is 18.6 Å². The molecule has 0 N–H and O–H groups in total. The van der Waals surface area contributed by atoms with Crippen molar-refractivity contribution in [2.45, 2.75) is 0 Å². The summed E-state index contributed by atoms with van der Waals surface area (Å²) in [6.45, 7) is 0. The van der Waals surface area contributed by atoms with E-state index in [9.17, 15) is 4.79 Å². The number of rotatable bonds is 2. The minimum atomic E-state index is -0.343. The number of carbonyl (C=O) groups excluding carboxylic acids is 1. The number of hydrogen-bond acceptors (Lipinski definition) is 3. The quantitative estimate of drug-likeness (QED) is 0.695. The van der Waals surface area contributed by atoms with Crippen LogP contribution in [0.4, 0.5) is 0 Å². The van der Waals surface area contributed by atoms with E-state index in [1.807, 2.05) is 18.2 Å². The molecule has 2 rings (SSSR count). The summed E-state index contributed by atoms with van der Waals surface area (Å²) in [5.41, 5.74) is 0.517. The summed E-state index contributed by atoms with van der Waals surface area (Å²) >= 11 is 0. The van der Waals surface area contributed by atoms with Gasteiger partial charge in [0.2, 0.25) is 0 Å². The summed E-state index contributed by atoms with van der Waals surface area (Å²) in [5.74, 6) is 0.428. The van der Waals surface area contributed by atoms with Crippen LogP contribution in [0.25, 0.3) is 5.82 Å². The van der Waals surface area contributed by atoms with E-state index in [0.717, 1.165) is 5.82 Å². The van der Waals surface area contributed by atoms with Gasteiger partial charge in [0.05, 0.1) is 12.7 Å². The fourth-order valence-corrected chi connectivity index (χ4v) is 1.28. The van der Waals surface area contributed by atoms with Gasteiger partial charge in [-0.3, -0.25) is 0 Å². The van der Waals surface area contributed by atoms with Crippen LogP contribution in [0, 0.1) is 0 Å². The Bertz CT molecular complexity index is 462. The molecule has 2 aromatic heterocycles. The largest absolute Gasteiger partial charge is 0.465 e. The normalized spacial score (nSPS) is 9.93. The lowest BCUT2D eigenvalue weighted by atomic mass is 10.3. The Balaban J connectivity index is 2.32. The maximum absolute atomic E-state index is 11.2. The summed E-state index contributed by atoms with van der Waals surface area (Å²) in [6.07, 6.45) is 5.16. The van der Waals surface area contributed by atoms with Gasteiger partial charge in [-0.25, -0.2) is 9.78 Å². The number of pyridine rings is 1. The van der Waals surface area contributed by atoms with Gasteiger partial charge in [-0.1, -0.05) is 6.07 Å². The molecule has 4 heteroatoms. The van der Waals surface area contributed by atoms with Gasteiger partial charge in [-0.05, 0) is 18.2 Å². The lowest BCUT2D eigenvalue weighted by molar-refractivity contribution is 0.0601. The third-order valence-electron chi connectivity index (χ3n) is 2.03. The molecule has 0 saturated heterocycles. The highest BCUT2D eigenvalue weighted by Crippen LogP contribution is 2.08. The number of carbonyl (C=O) groups is 1. The molecule has 4 nitrogen and oxygen atoms in total. The Labute approximate surface area is 87.1 Å². The molecule has 15 heavy (non-hydrogen) atoms. The van der Waals surface area contributed by atoms with Crippen molar-refractivity contribution in [3.05, 3.63) is 48.4 Å². The van der Waals surface area contributed by atoms with Crippen molar-refractivity contribution in [2.24, 2.45) is 0 Å². The van der Waals surface area contributed by atoms with Gasteiger partial charge < -0.3 is 9.30 Å². The summed E-state index contributed by atoms with van der Waals surface area (Å²) in [4.78, 5) is 15.4. The molecule has 0 aliphatic heterocycles. The molecule has 0 radical (unpaired) electrons. The molecule has 2 aromatic rings. The maximum atomic E-state index is 11.2. The Kier molecular flexibility index (Phi) is 2.49. The van der Waals surface area contributed by atoms with Gasteiger partial charge in [-0.15, -0.1) is 0 Å². The smallest absolute Gasteiger partial charge is 0.339 e. The number of ether oxygens (including phenoxy) is 1. The van der Waals surface area contributed by atoms with E-state index in [4.69, 9.17) is 0 Å². The molecular weight excluding hydrogens is 192 g/mol. The Morgan fingerprint density at radius 3 is 2.93 bits per heavy atom. The van der Waals surface area contributed by atoms with Gasteiger partial charge in [0.25, 0.3) is 0 Å². The van der Waals surface area contributed by atoms with E-state index in [2.05, 4.69) is 9.72 Å². The zero-order chi connectivity index (χ0) is 10.7. The number of aromatic nitrogens is 2. The van der Waals surface area contributed by atoms with Crippen LogP contribution in [-0.2, 0) is 4.74 Å². The van der Waals surface area contributed by atoms with E-state index in [0.29, 0.717) is 5.56 Å². The highest BCUT2D eigenvalue weighted by molar-refractivity contribution is 5.89. The number of methoxy groups -OCH3 is 1. The van der Waals surface area contributed by atoms with Crippen LogP contribution < -0.4 is 0 Å². The fourth-order valence-electron chi connectivity index (χ4n) is 1.28. The number of nitrogens with zero attached hydrogens (tertiary/aromatic N) is 2. The van der Waals surface area contributed by atoms with Gasteiger partial charge in [0.15, 0.2) is 0 Å². The van der Waals surface area contributed by atoms with Crippen molar-refractivity contribution in [1.29, 1.82) is 0 Å². The average Bonchev–Trinajstić information content (AvgIpc) is 2.78. The summed E-state index contributed by atoms with van der Waals surface area (Å²) < 4.78 is 6.38. The Morgan fingerprint density at radius 2 is 2.27 bits per heavy atom. The maximum Gasteiger partial charge on any atom is 0.339 e. The van der Waals surface area contributed by atoms with Crippen LogP contribution in [-0.4, -0.2) is 22.6 Å². The van der Waals surface area contributed by atoms with Gasteiger partial charge in [-0.2, -0.15) is 0 Å². The zero-order valence-corrected chi connectivity index (χ0v) is 8.25. The van der Waals surface area contributed by atoms with Crippen LogP contribution >= 0.6 is 0 Å². The molecule has 0 aromatic carbocycles. The van der Waals surface area contributed by atoms with Crippen LogP contribution in [0.2, 0.25) is 0 Å². The zero-order valence-electron chi connectivity index (χ0n) is 8.25. The molecule has 0 fully saturated rings. The van der Waals surface area contributed by atoms with Crippen molar-refractivity contribution in [3.8, 4) is 5.82 Å². The summed E-state index contributed by atoms with van der Waals surface area (Å²) in [7, 11) is 1.36. The fraction of sp³-hybridized carbons (Fsp3) is 0.0909. The summed E-state index contributed by atoms with van der Waals surface area (Å²) in [6, 6.07) is 7.29. The molecule has 76 valence electrons. The van der Waals surface area contributed by atoms with Crippen molar-refractivity contribution in [2.75, 3.05) is 7.11 Å². The predicted octanol–water partition coefficient (Wildman–Crippen LogP) is 1.66. The van der Waals surface area contributed by atoms with E-state index < -0.39 is 0 Å². The van der Waals surface area contributed by atoms with Crippen LogP contribution in [0.3, 0.4) is 0 Å². The third-order valence-corrected chi connectivity index (χ3v) is 2.03. The molecule has 0 unspecified atom stereocenters. The van der Waals surface area contributed by atoms with Crippen LogP contribution in [0.1, 0.15) is 10.4 Å². The van der Waals surface area contributed by atoms with E-state index >= 15 is 0 Å². The average molecular weight is 202 g/mol. The van der Waals surface area contributed by atoms with Crippen molar-refractivity contribution >= 4 is 5.97 Å². The second kappa shape index (κ2) is 3.96. The monoisotopic (exact) mass is 202 g/mol. The SMILES string of the molecule is COC(=O)c1ccn(-c2ccccn2)c1. The molecule has 0 aliphatic carbocycles. The lowest BCUT2D eigenvalue weighted by Gasteiger charge is -1.99. The van der Waals surface area contributed by atoms with Gasteiger partial charge >= 0.3 is 5.97 Å². The summed E-state index contributed by atoms with van der Waals surface area (Å²) in [5, 5.41) is 0. The first-order chi connectivity index (χ1) is 7.31. The molecule has 0 bridgehead atoms. The molecule has 2 heterocycles. The highest BCUT2D eigenvalue weighted by Gasteiger charge is 2.07. The minimum Gasteiger partial charge on any atom is -0.465 e.